The Morgan fingerprint density at radius 2 is 2.05 bits per heavy atom. The normalized spacial score (nSPS) is 10.5. The van der Waals surface area contributed by atoms with Crippen LogP contribution < -0.4 is 10.4 Å². The van der Waals surface area contributed by atoms with Gasteiger partial charge in [-0.3, -0.25) is 0 Å². The molecule has 0 amide bonds. The van der Waals surface area contributed by atoms with E-state index in [1.807, 2.05) is 36.4 Å². The summed E-state index contributed by atoms with van der Waals surface area (Å²) in [5.41, 5.74) is 1.30. The van der Waals surface area contributed by atoms with Crippen molar-refractivity contribution in [2.75, 3.05) is 0 Å². The largest absolute Gasteiger partial charge is 0.489 e. The number of nitrogens with zero attached hydrogens (tertiary/aromatic N) is 2. The molecule has 0 radical (unpaired) electrons. The van der Waals surface area contributed by atoms with Crippen LogP contribution in [0.5, 0.6) is 5.75 Å². The van der Waals surface area contributed by atoms with Crippen LogP contribution in [0.15, 0.2) is 59.7 Å². The number of H-pyrrole nitrogens is 1. The van der Waals surface area contributed by atoms with E-state index in [0.29, 0.717) is 23.1 Å². The van der Waals surface area contributed by atoms with Crippen LogP contribution in [-0.4, -0.2) is 14.8 Å². The quantitative estimate of drug-likeness (QED) is 0.806. The lowest BCUT2D eigenvalue weighted by Crippen LogP contribution is -2.14. The minimum atomic E-state index is -0.293. The molecule has 1 aromatic heterocycles. The van der Waals surface area contributed by atoms with E-state index in [9.17, 15) is 4.79 Å². The fraction of sp³-hybridized carbons (Fsp3) is 0.0667. The summed E-state index contributed by atoms with van der Waals surface area (Å²) in [6.45, 7) is 0.364. The van der Waals surface area contributed by atoms with Crippen LogP contribution >= 0.6 is 11.6 Å². The second kappa shape index (κ2) is 5.85. The van der Waals surface area contributed by atoms with Crippen molar-refractivity contribution in [3.63, 3.8) is 0 Å². The lowest BCUT2D eigenvalue weighted by Gasteiger charge is -2.09. The number of hydrogen-bond acceptors (Lipinski definition) is 3. The van der Waals surface area contributed by atoms with Crippen LogP contribution in [0.2, 0.25) is 5.02 Å². The predicted molar refractivity (Wildman–Crippen MR) is 80.0 cm³/mol. The van der Waals surface area contributed by atoms with Gasteiger partial charge in [0.25, 0.3) is 0 Å². The molecule has 106 valence electrons. The molecule has 1 heterocycles. The monoisotopic (exact) mass is 301 g/mol. The van der Waals surface area contributed by atoms with Crippen molar-refractivity contribution in [2.24, 2.45) is 0 Å². The van der Waals surface area contributed by atoms with Gasteiger partial charge in [0, 0.05) is 16.7 Å². The van der Waals surface area contributed by atoms with E-state index in [-0.39, 0.29) is 5.69 Å². The third-order valence-corrected chi connectivity index (χ3v) is 3.37. The van der Waals surface area contributed by atoms with Gasteiger partial charge in [0.2, 0.25) is 0 Å². The Hall–Kier alpha value is -2.53. The van der Waals surface area contributed by atoms with Crippen molar-refractivity contribution in [1.29, 1.82) is 0 Å². The molecule has 0 bridgehead atoms. The number of ether oxygens (including phenoxy) is 1. The molecule has 1 N–H and O–H groups in total. The molecular weight excluding hydrogens is 290 g/mol. The maximum absolute atomic E-state index is 11.5. The Labute approximate surface area is 125 Å². The molecule has 0 spiro atoms. The fourth-order valence-corrected chi connectivity index (χ4v) is 2.12. The number of rotatable bonds is 4. The maximum atomic E-state index is 11.5. The lowest BCUT2D eigenvalue weighted by molar-refractivity contribution is 0.306. The minimum Gasteiger partial charge on any atom is -0.489 e. The van der Waals surface area contributed by atoms with Gasteiger partial charge in [-0.25, -0.2) is 14.5 Å². The van der Waals surface area contributed by atoms with Crippen LogP contribution in [0, 0.1) is 0 Å². The van der Waals surface area contributed by atoms with E-state index in [1.165, 1.54) is 10.9 Å². The molecule has 0 unspecified atom stereocenters. The Morgan fingerprint density at radius 3 is 2.81 bits per heavy atom. The summed E-state index contributed by atoms with van der Waals surface area (Å²) in [6, 6.07) is 14.7. The topological polar surface area (TPSA) is 59.9 Å². The molecule has 0 fully saturated rings. The van der Waals surface area contributed by atoms with Gasteiger partial charge in [-0.2, -0.15) is 5.10 Å². The zero-order valence-corrected chi connectivity index (χ0v) is 11.7. The van der Waals surface area contributed by atoms with Crippen LogP contribution in [0.3, 0.4) is 0 Å². The number of hydrogen-bond donors (Lipinski definition) is 1. The second-order valence-corrected chi connectivity index (χ2v) is 4.82. The van der Waals surface area contributed by atoms with Gasteiger partial charge in [0.1, 0.15) is 18.7 Å². The van der Waals surface area contributed by atoms with Crippen molar-refractivity contribution in [1.82, 2.24) is 14.8 Å². The fourth-order valence-electron chi connectivity index (χ4n) is 1.93. The van der Waals surface area contributed by atoms with Crippen LogP contribution in [0.4, 0.5) is 0 Å². The molecule has 3 rings (SSSR count). The van der Waals surface area contributed by atoms with Crippen molar-refractivity contribution in [3.8, 4) is 11.4 Å². The zero-order chi connectivity index (χ0) is 14.7. The molecule has 21 heavy (non-hydrogen) atoms. The van der Waals surface area contributed by atoms with E-state index in [2.05, 4.69) is 10.2 Å². The lowest BCUT2D eigenvalue weighted by atomic mass is 10.2. The number of aromatic nitrogens is 3. The molecule has 3 aromatic rings. The van der Waals surface area contributed by atoms with Crippen LogP contribution in [0.1, 0.15) is 5.56 Å². The van der Waals surface area contributed by atoms with Crippen molar-refractivity contribution >= 4 is 11.6 Å². The van der Waals surface area contributed by atoms with Gasteiger partial charge in [0.05, 0.1) is 5.69 Å². The summed E-state index contributed by atoms with van der Waals surface area (Å²) in [7, 11) is 0. The summed E-state index contributed by atoms with van der Waals surface area (Å²) in [5, 5.41) is 6.72. The minimum absolute atomic E-state index is 0.293. The third-order valence-electron chi connectivity index (χ3n) is 3.00. The Morgan fingerprint density at radius 1 is 1.19 bits per heavy atom. The average molecular weight is 302 g/mol. The van der Waals surface area contributed by atoms with E-state index in [1.54, 1.807) is 12.1 Å². The molecule has 0 aliphatic heterocycles. The Balaban J connectivity index is 1.80. The first-order chi connectivity index (χ1) is 10.2. The van der Waals surface area contributed by atoms with Crippen molar-refractivity contribution < 1.29 is 4.74 Å². The highest BCUT2D eigenvalue weighted by Crippen LogP contribution is 2.20. The molecule has 0 atom stereocenters. The SMILES string of the molecule is O=c1[nH]ncn1-c1cccc(OCc2ccccc2Cl)c1. The van der Waals surface area contributed by atoms with Gasteiger partial charge >= 0.3 is 5.69 Å². The first kappa shape index (κ1) is 13.5. The second-order valence-electron chi connectivity index (χ2n) is 4.41. The Kier molecular flexibility index (Phi) is 3.75. The summed E-state index contributed by atoms with van der Waals surface area (Å²) < 4.78 is 7.13. The van der Waals surface area contributed by atoms with E-state index in [4.69, 9.17) is 16.3 Å². The Bertz CT molecular complexity index is 810. The maximum Gasteiger partial charge on any atom is 0.347 e. The average Bonchev–Trinajstić information content (AvgIpc) is 2.93. The van der Waals surface area contributed by atoms with E-state index >= 15 is 0 Å². The molecule has 0 aliphatic carbocycles. The summed E-state index contributed by atoms with van der Waals surface area (Å²) >= 11 is 6.09. The first-order valence-corrected chi connectivity index (χ1v) is 6.70. The number of benzene rings is 2. The van der Waals surface area contributed by atoms with Crippen LogP contribution in [-0.2, 0) is 6.61 Å². The van der Waals surface area contributed by atoms with Crippen molar-refractivity contribution in [3.05, 3.63) is 75.9 Å². The van der Waals surface area contributed by atoms with Gasteiger partial charge in [-0.05, 0) is 18.2 Å². The number of halogens is 1. The van der Waals surface area contributed by atoms with Gasteiger partial charge in [-0.1, -0.05) is 35.9 Å². The van der Waals surface area contributed by atoms with E-state index in [0.717, 1.165) is 5.56 Å². The summed E-state index contributed by atoms with van der Waals surface area (Å²) in [5.74, 6) is 0.653. The molecule has 0 saturated carbocycles. The number of nitrogens with one attached hydrogen (secondary N) is 1. The van der Waals surface area contributed by atoms with Crippen molar-refractivity contribution in [2.45, 2.75) is 6.61 Å². The predicted octanol–water partition coefficient (Wildman–Crippen LogP) is 2.79. The molecule has 0 saturated heterocycles. The van der Waals surface area contributed by atoms with E-state index < -0.39 is 0 Å². The molecular formula is C15H12ClN3O2. The highest BCUT2D eigenvalue weighted by atomic mass is 35.5. The number of aromatic amines is 1. The standard InChI is InChI=1S/C15H12ClN3O2/c16-14-7-2-1-4-11(14)9-21-13-6-3-5-12(8-13)19-10-17-18-15(19)20/h1-8,10H,9H2,(H,18,20). The van der Waals surface area contributed by atoms with Crippen LogP contribution in [0.25, 0.3) is 5.69 Å². The highest BCUT2D eigenvalue weighted by Gasteiger charge is 2.04. The first-order valence-electron chi connectivity index (χ1n) is 6.33. The van der Waals surface area contributed by atoms with Gasteiger partial charge < -0.3 is 4.74 Å². The van der Waals surface area contributed by atoms with Gasteiger partial charge in [0.15, 0.2) is 0 Å². The summed E-state index contributed by atoms with van der Waals surface area (Å²) in [6.07, 6.45) is 1.43. The molecule has 0 aliphatic rings. The zero-order valence-electron chi connectivity index (χ0n) is 11.0. The highest BCUT2D eigenvalue weighted by molar-refractivity contribution is 6.31. The molecule has 6 heteroatoms. The molecule has 5 nitrogen and oxygen atoms in total. The smallest absolute Gasteiger partial charge is 0.347 e. The summed E-state index contributed by atoms with van der Waals surface area (Å²) in [4.78, 5) is 11.5. The molecule has 2 aromatic carbocycles. The third kappa shape index (κ3) is 2.98. The van der Waals surface area contributed by atoms with Gasteiger partial charge in [-0.15, -0.1) is 0 Å².